The van der Waals surface area contributed by atoms with Crippen molar-refractivity contribution in [3.8, 4) is 11.1 Å². The van der Waals surface area contributed by atoms with E-state index in [1.54, 1.807) is 13.2 Å². The molecule has 2 aliphatic rings. The van der Waals surface area contributed by atoms with Crippen LogP contribution in [-0.4, -0.2) is 3.81 Å². The van der Waals surface area contributed by atoms with Crippen molar-refractivity contribution >= 4 is 13.8 Å². The van der Waals surface area contributed by atoms with Crippen LogP contribution in [0.2, 0.25) is 0 Å². The molecule has 140 valence electrons. The van der Waals surface area contributed by atoms with Gasteiger partial charge in [-0.25, -0.2) is 0 Å². The molecule has 0 saturated heterocycles. The first-order valence-electron chi connectivity index (χ1n) is 9.39. The molecular weight excluding hydrogens is 419 g/mol. The first-order chi connectivity index (χ1) is 12.7. The number of rotatable bonds is 2. The molecule has 0 radical (unpaired) electrons. The molecule has 0 fully saturated rings. The van der Waals surface area contributed by atoms with Crippen LogP contribution >= 0.6 is 0 Å². The van der Waals surface area contributed by atoms with Crippen LogP contribution in [0.3, 0.4) is 0 Å². The number of hydrogen-bond acceptors (Lipinski definition) is 0. The minimum Gasteiger partial charge on any atom is -1.00 e. The minimum atomic E-state index is -1.65. The van der Waals surface area contributed by atoms with Gasteiger partial charge < -0.3 is 24.8 Å². The number of fused-ring (bicyclic) bond motifs is 4. The van der Waals surface area contributed by atoms with Crippen molar-refractivity contribution in [3.63, 3.8) is 0 Å². The van der Waals surface area contributed by atoms with Crippen molar-refractivity contribution in [1.82, 2.24) is 0 Å². The summed E-state index contributed by atoms with van der Waals surface area (Å²) in [7, 11) is 0. The van der Waals surface area contributed by atoms with Crippen LogP contribution < -0.4 is 28.7 Å². The van der Waals surface area contributed by atoms with Gasteiger partial charge in [0.05, 0.1) is 0 Å². The summed E-state index contributed by atoms with van der Waals surface area (Å²) in [5.41, 5.74) is 8.96. The second-order valence-corrected chi connectivity index (χ2v) is 12.2. The SMILES string of the molecule is C[C](C)=[Ti+2]([c]1cccc2c1Cc1ccccc1-2)[CH]1C=Cc2ccccc21.[Cl-].[Cl-]. The smallest absolute Gasteiger partial charge is 1.00 e. The Morgan fingerprint density at radius 1 is 0.821 bits per heavy atom. The van der Waals surface area contributed by atoms with Gasteiger partial charge in [-0.15, -0.1) is 0 Å². The maximum atomic E-state index is 2.48. The molecule has 5 rings (SSSR count). The molecule has 28 heavy (non-hydrogen) atoms. The average molecular weight is 441 g/mol. The molecule has 1 unspecified atom stereocenters. The monoisotopic (exact) mass is 440 g/mol. The molecule has 0 bridgehead atoms. The fraction of sp³-hybridized carbons (Fsp3) is 0.160. The predicted molar refractivity (Wildman–Crippen MR) is 109 cm³/mol. The predicted octanol–water partition coefficient (Wildman–Crippen LogP) is -0.510. The Morgan fingerprint density at radius 2 is 1.54 bits per heavy atom. The zero-order valence-electron chi connectivity index (χ0n) is 16.0. The van der Waals surface area contributed by atoms with E-state index in [0.29, 0.717) is 4.22 Å². The number of hydrogen-bond donors (Lipinski definition) is 0. The van der Waals surface area contributed by atoms with Gasteiger partial charge in [-0.2, -0.15) is 0 Å². The Morgan fingerprint density at radius 3 is 2.36 bits per heavy atom. The van der Waals surface area contributed by atoms with Crippen LogP contribution in [0.4, 0.5) is 0 Å². The summed E-state index contributed by atoms with van der Waals surface area (Å²) >= 11 is -1.65. The first-order valence-corrected chi connectivity index (χ1v) is 11.9. The van der Waals surface area contributed by atoms with Crippen molar-refractivity contribution in [2.24, 2.45) is 0 Å². The van der Waals surface area contributed by atoms with E-state index in [-0.39, 0.29) is 24.8 Å². The molecule has 0 spiro atoms. The summed E-state index contributed by atoms with van der Waals surface area (Å²) in [6.45, 7) is 4.73. The van der Waals surface area contributed by atoms with E-state index in [9.17, 15) is 0 Å². The third-order valence-electron chi connectivity index (χ3n) is 5.79. The molecular formula is C25H22Cl2Ti. The average Bonchev–Trinajstić information content (AvgIpc) is 3.24. The van der Waals surface area contributed by atoms with E-state index in [2.05, 4.69) is 92.7 Å². The van der Waals surface area contributed by atoms with E-state index in [1.807, 2.05) is 0 Å². The van der Waals surface area contributed by atoms with Crippen LogP contribution in [0, 0.1) is 0 Å². The molecule has 2 aliphatic carbocycles. The number of allylic oxidation sites excluding steroid dienone is 1. The van der Waals surface area contributed by atoms with Gasteiger partial charge in [-0.05, 0) is 0 Å². The van der Waals surface area contributed by atoms with E-state index < -0.39 is 17.4 Å². The second kappa shape index (κ2) is 8.51. The van der Waals surface area contributed by atoms with Crippen molar-refractivity contribution < 1.29 is 42.2 Å². The van der Waals surface area contributed by atoms with Gasteiger partial charge in [0.2, 0.25) is 0 Å². The molecule has 0 N–H and O–H groups in total. The standard InChI is InChI=1S/C13H9.C9H7.C3H6.2ClH.Ti/c1-3-7-12-10(5-1)9-11-6-2-4-8-13(11)12;1-2-5-9-7-3-6-8(9)4-1;1-3-2;;;/h1-5,7-8H,9H2;1-7H;1-2H3;2*1H;/q;;;;;+2/p-2. The number of halogens is 2. The van der Waals surface area contributed by atoms with Crippen molar-refractivity contribution in [1.29, 1.82) is 0 Å². The molecule has 0 aromatic heterocycles. The first kappa shape index (κ1) is 21.3. The van der Waals surface area contributed by atoms with Crippen molar-refractivity contribution in [2.75, 3.05) is 0 Å². The van der Waals surface area contributed by atoms with Gasteiger partial charge >= 0.3 is 162 Å². The van der Waals surface area contributed by atoms with Gasteiger partial charge in [-0.3, -0.25) is 0 Å². The second-order valence-electron chi connectivity index (χ2n) is 7.54. The van der Waals surface area contributed by atoms with E-state index >= 15 is 0 Å². The van der Waals surface area contributed by atoms with E-state index in [0.717, 1.165) is 6.42 Å². The van der Waals surface area contributed by atoms with Gasteiger partial charge in [0, 0.05) is 0 Å². The van der Waals surface area contributed by atoms with E-state index in [1.165, 1.54) is 27.8 Å². The molecule has 0 saturated carbocycles. The Bertz CT molecular complexity index is 1090. The fourth-order valence-corrected chi connectivity index (χ4v) is 9.63. The van der Waals surface area contributed by atoms with E-state index in [4.69, 9.17) is 0 Å². The zero-order valence-corrected chi connectivity index (χ0v) is 19.1. The Balaban J connectivity index is 0.00000112. The van der Waals surface area contributed by atoms with Crippen LogP contribution in [0.25, 0.3) is 17.2 Å². The molecule has 0 amide bonds. The van der Waals surface area contributed by atoms with Gasteiger partial charge in [0.15, 0.2) is 0 Å². The maximum Gasteiger partial charge on any atom is -1.00 e. The number of benzene rings is 3. The third-order valence-corrected chi connectivity index (χ3v) is 10.9. The molecule has 1 atom stereocenters. The third kappa shape index (κ3) is 3.38. The van der Waals surface area contributed by atoms with Crippen LogP contribution in [0.1, 0.15) is 40.3 Å². The van der Waals surface area contributed by atoms with Crippen LogP contribution in [-0.2, 0) is 23.8 Å². The van der Waals surface area contributed by atoms with Crippen LogP contribution in [0.15, 0.2) is 72.8 Å². The fourth-order valence-electron chi connectivity index (χ4n) is 4.66. The van der Waals surface area contributed by atoms with Gasteiger partial charge in [0.25, 0.3) is 0 Å². The molecule has 0 nitrogen and oxygen atoms in total. The van der Waals surface area contributed by atoms with Crippen molar-refractivity contribution in [2.45, 2.75) is 24.5 Å². The summed E-state index contributed by atoms with van der Waals surface area (Å²) in [5, 5.41) is 0. The summed E-state index contributed by atoms with van der Waals surface area (Å²) in [6, 6.07) is 24.9. The molecule has 3 aromatic carbocycles. The van der Waals surface area contributed by atoms with Crippen molar-refractivity contribution in [3.05, 3.63) is 95.1 Å². The van der Waals surface area contributed by atoms with Gasteiger partial charge in [-0.1, -0.05) is 0 Å². The Labute approximate surface area is 185 Å². The Kier molecular flexibility index (Phi) is 6.47. The Hall–Kier alpha value is -1.44. The normalized spacial score (nSPS) is 14.7. The summed E-state index contributed by atoms with van der Waals surface area (Å²) < 4.78 is 3.93. The molecule has 0 aliphatic heterocycles. The van der Waals surface area contributed by atoms with Crippen LogP contribution in [0.5, 0.6) is 0 Å². The van der Waals surface area contributed by atoms with Gasteiger partial charge in [0.1, 0.15) is 0 Å². The topological polar surface area (TPSA) is 0 Å². The largest absolute Gasteiger partial charge is 1.00 e. The minimum absolute atomic E-state index is 0. The molecule has 0 heterocycles. The zero-order chi connectivity index (χ0) is 17.7. The quantitative estimate of drug-likeness (QED) is 0.368. The summed E-state index contributed by atoms with van der Waals surface area (Å²) in [5.74, 6) is 0. The summed E-state index contributed by atoms with van der Waals surface area (Å²) in [4.78, 5) is 0. The maximum absolute atomic E-state index is 2.48. The molecule has 3 heteroatoms. The summed E-state index contributed by atoms with van der Waals surface area (Å²) in [6.07, 6.45) is 5.92. The molecule has 3 aromatic rings.